The van der Waals surface area contributed by atoms with Crippen molar-refractivity contribution < 1.29 is 9.53 Å². The second kappa shape index (κ2) is 7.95. The maximum atomic E-state index is 13.0. The van der Waals surface area contributed by atoms with Crippen molar-refractivity contribution in [3.05, 3.63) is 41.7 Å². The van der Waals surface area contributed by atoms with E-state index in [0.717, 1.165) is 56.7 Å². The summed E-state index contributed by atoms with van der Waals surface area (Å²) in [7, 11) is 0. The fourth-order valence-corrected chi connectivity index (χ4v) is 3.73. The summed E-state index contributed by atoms with van der Waals surface area (Å²) in [5, 5.41) is 8.46. The number of aromatic nitrogens is 4. The molecular formula is C19H25N5O2. The van der Waals surface area contributed by atoms with Gasteiger partial charge in [-0.3, -0.25) is 9.78 Å². The Morgan fingerprint density at radius 1 is 1.15 bits per heavy atom. The maximum Gasteiger partial charge on any atom is 0.291 e. The van der Waals surface area contributed by atoms with E-state index in [1.54, 1.807) is 6.20 Å². The number of hydrogen-bond donors (Lipinski definition) is 0. The van der Waals surface area contributed by atoms with E-state index in [9.17, 15) is 4.79 Å². The highest BCUT2D eigenvalue weighted by Crippen LogP contribution is 2.19. The molecule has 0 saturated carbocycles. The molecule has 26 heavy (non-hydrogen) atoms. The van der Waals surface area contributed by atoms with Crippen LogP contribution in [0.5, 0.6) is 0 Å². The van der Waals surface area contributed by atoms with E-state index in [0.29, 0.717) is 19.0 Å². The largest absolute Gasteiger partial charge is 0.370 e. The summed E-state index contributed by atoms with van der Waals surface area (Å²) in [6, 6.07) is 5.81. The van der Waals surface area contributed by atoms with Crippen LogP contribution in [0, 0.1) is 0 Å². The normalized spacial score (nSPS) is 20.5. The third-order valence-corrected chi connectivity index (χ3v) is 5.16. The van der Waals surface area contributed by atoms with Gasteiger partial charge in [0.25, 0.3) is 5.91 Å². The molecule has 1 fully saturated rings. The van der Waals surface area contributed by atoms with E-state index >= 15 is 0 Å². The van der Waals surface area contributed by atoms with Crippen LogP contribution in [-0.2, 0) is 24.3 Å². The Bertz CT molecular complexity index is 746. The van der Waals surface area contributed by atoms with Crippen LogP contribution < -0.4 is 0 Å². The van der Waals surface area contributed by atoms with Crippen LogP contribution in [0.1, 0.15) is 54.2 Å². The molecule has 2 aromatic rings. The zero-order valence-corrected chi connectivity index (χ0v) is 15.0. The Morgan fingerprint density at radius 3 is 3.00 bits per heavy atom. The van der Waals surface area contributed by atoms with E-state index in [2.05, 4.69) is 15.2 Å². The molecule has 2 aliphatic heterocycles. The Labute approximate surface area is 153 Å². The van der Waals surface area contributed by atoms with Gasteiger partial charge in [0, 0.05) is 32.3 Å². The van der Waals surface area contributed by atoms with Crippen molar-refractivity contribution >= 4 is 5.91 Å². The number of pyridine rings is 1. The van der Waals surface area contributed by atoms with Crippen LogP contribution in [0.4, 0.5) is 0 Å². The third kappa shape index (κ3) is 3.77. The number of rotatable bonds is 4. The Morgan fingerprint density at radius 2 is 2.12 bits per heavy atom. The van der Waals surface area contributed by atoms with Gasteiger partial charge in [-0.25, -0.2) is 0 Å². The van der Waals surface area contributed by atoms with Crippen LogP contribution in [-0.4, -0.2) is 49.7 Å². The monoisotopic (exact) mass is 355 g/mol. The predicted octanol–water partition coefficient (Wildman–Crippen LogP) is 2.22. The molecule has 138 valence electrons. The highest BCUT2D eigenvalue weighted by Gasteiger charge is 2.29. The minimum Gasteiger partial charge on any atom is -0.370 e. The van der Waals surface area contributed by atoms with Crippen LogP contribution in [0.3, 0.4) is 0 Å². The van der Waals surface area contributed by atoms with E-state index in [1.807, 2.05) is 27.7 Å². The fourth-order valence-electron chi connectivity index (χ4n) is 3.73. The van der Waals surface area contributed by atoms with Gasteiger partial charge in [0.05, 0.1) is 18.4 Å². The first-order chi connectivity index (χ1) is 12.8. The van der Waals surface area contributed by atoms with Gasteiger partial charge in [-0.05, 0) is 37.8 Å². The standard InChI is InChI=1S/C19H25N5O2/c25-19(18-22-21-17-9-2-1-5-12-24(17)18)23-11-6-8-16(13-23)26-14-15-7-3-4-10-20-15/h3-4,7,10,16H,1-2,5-6,8-9,11-14H2. The van der Waals surface area contributed by atoms with Crippen molar-refractivity contribution in [2.45, 2.75) is 57.8 Å². The molecule has 0 bridgehead atoms. The fraction of sp³-hybridized carbons (Fsp3) is 0.579. The van der Waals surface area contributed by atoms with Gasteiger partial charge >= 0.3 is 0 Å². The lowest BCUT2D eigenvalue weighted by Crippen LogP contribution is -2.44. The lowest BCUT2D eigenvalue weighted by molar-refractivity contribution is -0.00832. The van der Waals surface area contributed by atoms with Crippen LogP contribution >= 0.6 is 0 Å². The second-order valence-corrected chi connectivity index (χ2v) is 7.05. The Kier molecular flexibility index (Phi) is 5.24. The van der Waals surface area contributed by atoms with Gasteiger partial charge in [0.2, 0.25) is 5.82 Å². The highest BCUT2D eigenvalue weighted by atomic mass is 16.5. The van der Waals surface area contributed by atoms with E-state index in [-0.39, 0.29) is 12.0 Å². The van der Waals surface area contributed by atoms with Crippen LogP contribution in [0.2, 0.25) is 0 Å². The third-order valence-electron chi connectivity index (χ3n) is 5.16. The Balaban J connectivity index is 1.40. The number of aryl methyl sites for hydroxylation is 1. The zero-order chi connectivity index (χ0) is 17.8. The quantitative estimate of drug-likeness (QED) is 0.841. The number of nitrogens with zero attached hydrogens (tertiary/aromatic N) is 5. The average Bonchev–Trinajstić information content (AvgIpc) is 2.95. The van der Waals surface area contributed by atoms with Crippen molar-refractivity contribution in [2.24, 2.45) is 0 Å². The molecule has 4 heterocycles. The minimum atomic E-state index is -0.0169. The minimum absolute atomic E-state index is 0.0169. The lowest BCUT2D eigenvalue weighted by atomic mass is 10.1. The van der Waals surface area contributed by atoms with E-state index in [1.165, 1.54) is 6.42 Å². The summed E-state index contributed by atoms with van der Waals surface area (Å²) in [6.45, 7) is 2.68. The smallest absolute Gasteiger partial charge is 0.291 e. The SMILES string of the molecule is O=C(c1nnc2n1CCCCC2)N1CCCC(OCc2ccccn2)C1. The van der Waals surface area contributed by atoms with Gasteiger partial charge in [-0.1, -0.05) is 12.5 Å². The second-order valence-electron chi connectivity index (χ2n) is 7.05. The molecule has 1 unspecified atom stereocenters. The summed E-state index contributed by atoms with van der Waals surface area (Å²) in [4.78, 5) is 19.2. The summed E-state index contributed by atoms with van der Waals surface area (Å²) in [5.74, 6) is 1.43. The number of carbonyl (C=O) groups excluding carboxylic acids is 1. The first kappa shape index (κ1) is 17.1. The number of hydrogen-bond acceptors (Lipinski definition) is 5. The van der Waals surface area contributed by atoms with Crippen molar-refractivity contribution in [1.29, 1.82) is 0 Å². The van der Waals surface area contributed by atoms with E-state index in [4.69, 9.17) is 4.74 Å². The zero-order valence-electron chi connectivity index (χ0n) is 15.0. The number of amides is 1. The molecular weight excluding hydrogens is 330 g/mol. The first-order valence-electron chi connectivity index (χ1n) is 9.54. The number of carbonyl (C=O) groups is 1. The molecule has 0 N–H and O–H groups in total. The molecule has 7 heteroatoms. The van der Waals surface area contributed by atoms with E-state index < -0.39 is 0 Å². The van der Waals surface area contributed by atoms with Crippen molar-refractivity contribution in [1.82, 2.24) is 24.6 Å². The molecule has 0 spiro atoms. The Hall–Kier alpha value is -2.28. The first-order valence-corrected chi connectivity index (χ1v) is 9.54. The van der Waals surface area contributed by atoms with Gasteiger partial charge in [0.15, 0.2) is 0 Å². The van der Waals surface area contributed by atoms with Gasteiger partial charge < -0.3 is 14.2 Å². The molecule has 1 atom stereocenters. The lowest BCUT2D eigenvalue weighted by Gasteiger charge is -2.32. The van der Waals surface area contributed by atoms with Gasteiger partial charge in [0.1, 0.15) is 5.82 Å². The van der Waals surface area contributed by atoms with Crippen molar-refractivity contribution in [2.75, 3.05) is 13.1 Å². The molecule has 1 saturated heterocycles. The summed E-state index contributed by atoms with van der Waals surface area (Å²) >= 11 is 0. The number of likely N-dealkylation sites (tertiary alicyclic amines) is 1. The number of piperidine rings is 1. The predicted molar refractivity (Wildman–Crippen MR) is 95.5 cm³/mol. The molecule has 4 rings (SSSR count). The molecule has 0 radical (unpaired) electrons. The molecule has 0 aliphatic carbocycles. The summed E-state index contributed by atoms with van der Waals surface area (Å²) in [5.41, 5.74) is 0.915. The van der Waals surface area contributed by atoms with Crippen LogP contribution in [0.15, 0.2) is 24.4 Å². The van der Waals surface area contributed by atoms with Gasteiger partial charge in [-0.2, -0.15) is 0 Å². The molecule has 7 nitrogen and oxygen atoms in total. The number of ether oxygens (including phenoxy) is 1. The van der Waals surface area contributed by atoms with Crippen LogP contribution in [0.25, 0.3) is 0 Å². The topological polar surface area (TPSA) is 73.1 Å². The summed E-state index contributed by atoms with van der Waals surface area (Å²) in [6.07, 6.45) is 8.03. The summed E-state index contributed by atoms with van der Waals surface area (Å²) < 4.78 is 8.02. The maximum absolute atomic E-state index is 13.0. The van der Waals surface area contributed by atoms with Crippen molar-refractivity contribution in [3.8, 4) is 0 Å². The van der Waals surface area contributed by atoms with Crippen molar-refractivity contribution in [3.63, 3.8) is 0 Å². The molecule has 2 aromatic heterocycles. The number of fused-ring (bicyclic) bond motifs is 1. The molecule has 2 aliphatic rings. The van der Waals surface area contributed by atoms with Gasteiger partial charge in [-0.15, -0.1) is 10.2 Å². The highest BCUT2D eigenvalue weighted by molar-refractivity contribution is 5.90. The molecule has 1 amide bonds. The molecule has 0 aromatic carbocycles. The average molecular weight is 355 g/mol.